The second kappa shape index (κ2) is 9.33. The molecule has 2 amide bonds. The summed E-state index contributed by atoms with van der Waals surface area (Å²) >= 11 is 0. The van der Waals surface area contributed by atoms with Crippen LogP contribution in [-0.4, -0.2) is 43.5 Å². The van der Waals surface area contributed by atoms with Crippen molar-refractivity contribution in [1.29, 1.82) is 0 Å². The number of para-hydroxylation sites is 1. The number of benzene rings is 2. The Morgan fingerprint density at radius 1 is 1.07 bits per heavy atom. The Kier molecular flexibility index (Phi) is 6.36. The molecule has 1 heterocycles. The predicted octanol–water partition coefficient (Wildman–Crippen LogP) is 3.67. The summed E-state index contributed by atoms with van der Waals surface area (Å²) in [6, 6.07) is 16.1. The van der Waals surface area contributed by atoms with Crippen molar-refractivity contribution in [1.82, 2.24) is 10.2 Å². The van der Waals surface area contributed by atoms with Crippen molar-refractivity contribution >= 4 is 11.8 Å². The van der Waals surface area contributed by atoms with E-state index in [1.807, 2.05) is 41.3 Å². The van der Waals surface area contributed by atoms with Gasteiger partial charge in [0.1, 0.15) is 5.75 Å². The summed E-state index contributed by atoms with van der Waals surface area (Å²) in [7, 11) is 1.67. The molecule has 5 heteroatoms. The minimum absolute atomic E-state index is 0.0338. The first-order valence-electron chi connectivity index (χ1n) is 10.9. The van der Waals surface area contributed by atoms with Crippen molar-refractivity contribution in [3.63, 3.8) is 0 Å². The molecule has 1 atom stereocenters. The summed E-state index contributed by atoms with van der Waals surface area (Å²) in [5.74, 6) is 0.959. The van der Waals surface area contributed by atoms with Crippen LogP contribution in [0.5, 0.6) is 5.75 Å². The van der Waals surface area contributed by atoms with Crippen LogP contribution < -0.4 is 10.1 Å². The van der Waals surface area contributed by atoms with Crippen molar-refractivity contribution in [2.45, 2.75) is 32.1 Å². The summed E-state index contributed by atoms with van der Waals surface area (Å²) in [6.07, 6.45) is 4.83. The van der Waals surface area contributed by atoms with Crippen LogP contribution >= 0.6 is 0 Å². The van der Waals surface area contributed by atoms with Crippen molar-refractivity contribution in [3.8, 4) is 16.9 Å². The van der Waals surface area contributed by atoms with E-state index >= 15 is 0 Å². The molecule has 0 bridgehead atoms. The summed E-state index contributed by atoms with van der Waals surface area (Å²) in [5, 5.41) is 3.01. The zero-order valence-corrected chi connectivity index (χ0v) is 17.6. The molecule has 30 heavy (non-hydrogen) atoms. The fraction of sp³-hybridized carbons (Fsp3) is 0.440. The van der Waals surface area contributed by atoms with E-state index in [0.29, 0.717) is 26.1 Å². The first-order valence-corrected chi connectivity index (χ1v) is 10.9. The molecule has 1 unspecified atom stereocenters. The Morgan fingerprint density at radius 3 is 2.53 bits per heavy atom. The molecule has 1 saturated heterocycles. The third-order valence-electron chi connectivity index (χ3n) is 6.39. The number of methoxy groups -OCH3 is 1. The van der Waals surface area contributed by atoms with Crippen molar-refractivity contribution < 1.29 is 14.3 Å². The van der Waals surface area contributed by atoms with Gasteiger partial charge in [0.25, 0.3) is 0 Å². The molecule has 0 aromatic heterocycles. The van der Waals surface area contributed by atoms with Crippen LogP contribution in [0.15, 0.2) is 48.5 Å². The summed E-state index contributed by atoms with van der Waals surface area (Å²) < 4.78 is 5.56. The molecule has 158 valence electrons. The zero-order chi connectivity index (χ0) is 20.9. The van der Waals surface area contributed by atoms with Gasteiger partial charge in [-0.15, -0.1) is 0 Å². The maximum Gasteiger partial charge on any atom is 0.225 e. The highest BCUT2D eigenvalue weighted by molar-refractivity contribution is 5.84. The lowest BCUT2D eigenvalue weighted by atomic mass is 9.91. The first-order chi connectivity index (χ1) is 14.7. The Balaban J connectivity index is 1.58. The number of carbonyl (C=O) groups is 2. The Labute approximate surface area is 178 Å². The highest BCUT2D eigenvalue weighted by atomic mass is 16.5. The summed E-state index contributed by atoms with van der Waals surface area (Å²) in [6.45, 7) is 1.62. The molecule has 1 aliphatic carbocycles. The van der Waals surface area contributed by atoms with Gasteiger partial charge in [-0.3, -0.25) is 9.59 Å². The van der Waals surface area contributed by atoms with Gasteiger partial charge < -0.3 is 15.0 Å². The fourth-order valence-electron chi connectivity index (χ4n) is 4.78. The molecular formula is C25H30N2O3. The molecule has 2 aliphatic rings. The van der Waals surface area contributed by atoms with Crippen molar-refractivity contribution in [3.05, 3.63) is 54.1 Å². The van der Waals surface area contributed by atoms with Gasteiger partial charge in [0.05, 0.1) is 13.0 Å². The molecule has 2 aromatic carbocycles. The Hall–Kier alpha value is -2.82. The molecule has 2 fully saturated rings. The van der Waals surface area contributed by atoms with Gasteiger partial charge in [-0.2, -0.15) is 0 Å². The van der Waals surface area contributed by atoms with Gasteiger partial charge in [-0.25, -0.2) is 0 Å². The average molecular weight is 407 g/mol. The van der Waals surface area contributed by atoms with Gasteiger partial charge in [-0.1, -0.05) is 55.3 Å². The van der Waals surface area contributed by atoms with E-state index in [0.717, 1.165) is 48.1 Å². The molecule has 1 saturated carbocycles. The summed E-state index contributed by atoms with van der Waals surface area (Å²) in [4.78, 5) is 27.7. The van der Waals surface area contributed by atoms with E-state index in [-0.39, 0.29) is 23.7 Å². The third kappa shape index (κ3) is 4.35. The van der Waals surface area contributed by atoms with Crippen molar-refractivity contribution in [2.75, 3.05) is 26.7 Å². The first kappa shape index (κ1) is 20.5. The normalized spacial score (nSPS) is 20.0. The van der Waals surface area contributed by atoms with Crippen LogP contribution in [0.4, 0.5) is 0 Å². The number of amides is 2. The van der Waals surface area contributed by atoms with Gasteiger partial charge in [-0.05, 0) is 36.5 Å². The standard InChI is InChI=1S/C25H30N2O3/c1-30-23-13-7-6-12-22(23)21-11-5-4-10-19(21)16-20-17-27(15-14-26-24(20)28)25(29)18-8-2-3-9-18/h4-7,10-13,18,20H,2-3,8-9,14-17H2,1H3,(H,26,28). The van der Waals surface area contributed by atoms with E-state index in [2.05, 4.69) is 17.4 Å². The van der Waals surface area contributed by atoms with Crippen LogP contribution in [0.3, 0.4) is 0 Å². The van der Waals surface area contributed by atoms with E-state index in [4.69, 9.17) is 4.74 Å². The minimum atomic E-state index is -0.256. The van der Waals surface area contributed by atoms with Crippen LogP contribution in [0.2, 0.25) is 0 Å². The molecule has 1 N–H and O–H groups in total. The van der Waals surface area contributed by atoms with Crippen LogP contribution in [0, 0.1) is 11.8 Å². The average Bonchev–Trinajstić information content (AvgIpc) is 3.26. The van der Waals surface area contributed by atoms with Gasteiger partial charge in [0.15, 0.2) is 0 Å². The molecule has 1 aliphatic heterocycles. The van der Waals surface area contributed by atoms with Crippen molar-refractivity contribution in [2.24, 2.45) is 11.8 Å². The minimum Gasteiger partial charge on any atom is -0.496 e. The highest BCUT2D eigenvalue weighted by Gasteiger charge is 2.32. The van der Waals surface area contributed by atoms with E-state index in [1.54, 1.807) is 7.11 Å². The number of carbonyl (C=O) groups excluding carboxylic acids is 2. The van der Waals surface area contributed by atoms with Crippen LogP contribution in [0.1, 0.15) is 31.2 Å². The Bertz CT molecular complexity index is 905. The third-order valence-corrected chi connectivity index (χ3v) is 6.39. The lowest BCUT2D eigenvalue weighted by Crippen LogP contribution is -2.40. The number of nitrogens with one attached hydrogen (secondary N) is 1. The lowest BCUT2D eigenvalue weighted by molar-refractivity contribution is -0.136. The molecule has 2 aromatic rings. The van der Waals surface area contributed by atoms with E-state index < -0.39 is 0 Å². The monoisotopic (exact) mass is 406 g/mol. The maximum atomic E-state index is 13.0. The fourth-order valence-corrected chi connectivity index (χ4v) is 4.78. The van der Waals surface area contributed by atoms with E-state index in [9.17, 15) is 9.59 Å². The quantitative estimate of drug-likeness (QED) is 0.824. The SMILES string of the molecule is COc1ccccc1-c1ccccc1CC1CN(C(=O)C2CCCC2)CCNC1=O. The van der Waals surface area contributed by atoms with Gasteiger partial charge in [0.2, 0.25) is 11.8 Å². The number of hydrogen-bond acceptors (Lipinski definition) is 3. The molecule has 5 nitrogen and oxygen atoms in total. The second-order valence-corrected chi connectivity index (χ2v) is 8.32. The lowest BCUT2D eigenvalue weighted by Gasteiger charge is -2.26. The second-order valence-electron chi connectivity index (χ2n) is 8.32. The Morgan fingerprint density at radius 2 is 1.77 bits per heavy atom. The number of nitrogens with zero attached hydrogens (tertiary/aromatic N) is 1. The molecule has 0 spiro atoms. The van der Waals surface area contributed by atoms with Crippen LogP contribution in [-0.2, 0) is 16.0 Å². The zero-order valence-electron chi connectivity index (χ0n) is 17.6. The molecule has 0 radical (unpaired) electrons. The van der Waals surface area contributed by atoms with E-state index in [1.165, 1.54) is 0 Å². The maximum absolute atomic E-state index is 13.0. The number of hydrogen-bond donors (Lipinski definition) is 1. The number of rotatable bonds is 5. The topological polar surface area (TPSA) is 58.6 Å². The number of ether oxygens (including phenoxy) is 1. The largest absolute Gasteiger partial charge is 0.496 e. The molecular weight excluding hydrogens is 376 g/mol. The van der Waals surface area contributed by atoms with Crippen LogP contribution in [0.25, 0.3) is 11.1 Å². The smallest absolute Gasteiger partial charge is 0.225 e. The van der Waals surface area contributed by atoms with Gasteiger partial charge in [0, 0.05) is 31.1 Å². The summed E-state index contributed by atoms with van der Waals surface area (Å²) in [5.41, 5.74) is 3.18. The predicted molar refractivity (Wildman–Crippen MR) is 117 cm³/mol. The molecule has 4 rings (SSSR count). The highest BCUT2D eigenvalue weighted by Crippen LogP contribution is 2.33. The van der Waals surface area contributed by atoms with Gasteiger partial charge >= 0.3 is 0 Å².